The van der Waals surface area contributed by atoms with Gasteiger partial charge in [-0.05, 0) is 49.5 Å². The van der Waals surface area contributed by atoms with Gasteiger partial charge in [0.2, 0.25) is 5.95 Å². The topological polar surface area (TPSA) is 84.0 Å². The number of sulfone groups is 1. The number of anilines is 1. The van der Waals surface area contributed by atoms with E-state index < -0.39 is 9.84 Å². The van der Waals surface area contributed by atoms with Gasteiger partial charge in [-0.3, -0.25) is 0 Å². The monoisotopic (exact) mass is 346 g/mol. The number of aromatic nitrogens is 2. The van der Waals surface area contributed by atoms with Crippen molar-refractivity contribution in [2.24, 2.45) is 5.92 Å². The molecule has 1 aliphatic rings. The molecule has 128 valence electrons. The summed E-state index contributed by atoms with van der Waals surface area (Å²) in [7, 11) is -3.17. The lowest BCUT2D eigenvalue weighted by Gasteiger charge is -2.22. The van der Waals surface area contributed by atoms with E-state index in [0.29, 0.717) is 16.8 Å². The van der Waals surface area contributed by atoms with Gasteiger partial charge in [-0.15, -0.1) is 0 Å². The van der Waals surface area contributed by atoms with Crippen LogP contribution in [0.1, 0.15) is 12.8 Å². The van der Waals surface area contributed by atoms with E-state index in [9.17, 15) is 8.42 Å². The molecule has 0 atom stereocenters. The smallest absolute Gasteiger partial charge is 0.222 e. The molecule has 1 aliphatic heterocycles. The van der Waals surface area contributed by atoms with Crippen molar-refractivity contribution in [2.45, 2.75) is 17.7 Å². The third-order valence-electron chi connectivity index (χ3n) is 4.28. The molecule has 2 N–H and O–H groups in total. The predicted octanol–water partition coefficient (Wildman–Crippen LogP) is 1.96. The summed E-state index contributed by atoms with van der Waals surface area (Å²) in [5, 5.41) is 6.65. The Kier molecular flexibility index (Phi) is 5.11. The molecule has 7 heteroatoms. The Hall–Kier alpha value is -1.99. The Bertz CT molecular complexity index is 767. The fourth-order valence-electron chi connectivity index (χ4n) is 2.78. The maximum Gasteiger partial charge on any atom is 0.222 e. The van der Waals surface area contributed by atoms with E-state index >= 15 is 0 Å². The van der Waals surface area contributed by atoms with Gasteiger partial charge in [-0.1, -0.05) is 12.1 Å². The molecule has 3 rings (SSSR count). The van der Waals surface area contributed by atoms with E-state index in [-0.39, 0.29) is 0 Å². The van der Waals surface area contributed by atoms with Gasteiger partial charge in [0.1, 0.15) is 0 Å². The van der Waals surface area contributed by atoms with E-state index in [1.807, 2.05) is 0 Å². The lowest BCUT2D eigenvalue weighted by molar-refractivity contribution is 0.389. The van der Waals surface area contributed by atoms with Crippen molar-refractivity contribution in [3.63, 3.8) is 0 Å². The summed E-state index contributed by atoms with van der Waals surface area (Å²) in [4.78, 5) is 9.02. The summed E-state index contributed by atoms with van der Waals surface area (Å²) < 4.78 is 23.0. The molecule has 0 unspecified atom stereocenters. The SMILES string of the molecule is CS(=O)(=O)c1ccc(-c2cnc(NCC3CCNCC3)nc2)cc1. The Morgan fingerprint density at radius 2 is 1.71 bits per heavy atom. The van der Waals surface area contributed by atoms with Crippen LogP contribution in [0.15, 0.2) is 41.6 Å². The first-order valence-corrected chi connectivity index (χ1v) is 9.98. The lowest BCUT2D eigenvalue weighted by atomic mass is 9.98. The average Bonchev–Trinajstić information content (AvgIpc) is 2.61. The summed E-state index contributed by atoms with van der Waals surface area (Å²) in [6.07, 6.45) is 7.07. The molecule has 0 amide bonds. The molecular formula is C17H22N4O2S. The molecule has 0 bridgehead atoms. The number of hydrogen-bond acceptors (Lipinski definition) is 6. The molecule has 2 aromatic rings. The van der Waals surface area contributed by atoms with Crippen LogP contribution in [0, 0.1) is 5.92 Å². The Balaban J connectivity index is 1.63. The lowest BCUT2D eigenvalue weighted by Crippen LogP contribution is -2.31. The normalized spacial score (nSPS) is 16.0. The second-order valence-electron chi connectivity index (χ2n) is 6.17. The highest BCUT2D eigenvalue weighted by atomic mass is 32.2. The average molecular weight is 346 g/mol. The molecule has 0 aliphatic carbocycles. The molecule has 6 nitrogen and oxygen atoms in total. The first-order valence-electron chi connectivity index (χ1n) is 8.09. The Morgan fingerprint density at radius 1 is 1.08 bits per heavy atom. The molecule has 24 heavy (non-hydrogen) atoms. The number of benzene rings is 1. The summed E-state index contributed by atoms with van der Waals surface area (Å²) in [5.74, 6) is 1.29. The van der Waals surface area contributed by atoms with Crippen LogP contribution in [0.4, 0.5) is 5.95 Å². The van der Waals surface area contributed by atoms with Crippen molar-refractivity contribution >= 4 is 15.8 Å². The molecule has 2 heterocycles. The van der Waals surface area contributed by atoms with Crippen LogP contribution >= 0.6 is 0 Å². The largest absolute Gasteiger partial charge is 0.354 e. The molecule has 0 radical (unpaired) electrons. The van der Waals surface area contributed by atoms with Crippen molar-refractivity contribution in [3.8, 4) is 11.1 Å². The number of rotatable bonds is 5. The quantitative estimate of drug-likeness (QED) is 0.861. The zero-order chi connectivity index (χ0) is 17.0. The summed E-state index contributed by atoms with van der Waals surface area (Å²) in [5.41, 5.74) is 1.76. The minimum Gasteiger partial charge on any atom is -0.354 e. The maximum absolute atomic E-state index is 11.5. The van der Waals surface area contributed by atoms with E-state index in [0.717, 1.165) is 30.8 Å². The molecule has 0 spiro atoms. The van der Waals surface area contributed by atoms with Gasteiger partial charge < -0.3 is 10.6 Å². The van der Waals surface area contributed by atoms with E-state index in [2.05, 4.69) is 20.6 Å². The van der Waals surface area contributed by atoms with Gasteiger partial charge in [-0.25, -0.2) is 18.4 Å². The number of nitrogens with one attached hydrogen (secondary N) is 2. The van der Waals surface area contributed by atoms with Crippen LogP contribution in [-0.2, 0) is 9.84 Å². The zero-order valence-corrected chi connectivity index (χ0v) is 14.5. The molecule has 1 saturated heterocycles. The van der Waals surface area contributed by atoms with E-state index in [4.69, 9.17) is 0 Å². The second-order valence-corrected chi connectivity index (χ2v) is 8.18. The van der Waals surface area contributed by atoms with Crippen molar-refractivity contribution in [2.75, 3.05) is 31.2 Å². The highest BCUT2D eigenvalue weighted by Gasteiger charge is 2.13. The standard InChI is InChI=1S/C17H22N4O2S/c1-24(22,23)16-4-2-14(3-5-16)15-11-20-17(21-12-15)19-10-13-6-8-18-9-7-13/h2-5,11-13,18H,6-10H2,1H3,(H,19,20,21). The van der Waals surface area contributed by atoms with Crippen molar-refractivity contribution in [1.29, 1.82) is 0 Å². The second kappa shape index (κ2) is 7.27. The number of piperidine rings is 1. The van der Waals surface area contributed by atoms with Crippen molar-refractivity contribution in [1.82, 2.24) is 15.3 Å². The minimum atomic E-state index is -3.17. The molecule has 1 aromatic carbocycles. The number of hydrogen-bond donors (Lipinski definition) is 2. The highest BCUT2D eigenvalue weighted by Crippen LogP contribution is 2.21. The highest BCUT2D eigenvalue weighted by molar-refractivity contribution is 7.90. The van der Waals surface area contributed by atoms with Gasteiger partial charge in [0.05, 0.1) is 4.90 Å². The summed E-state index contributed by atoms with van der Waals surface area (Å²) >= 11 is 0. The minimum absolute atomic E-state index is 0.312. The summed E-state index contributed by atoms with van der Waals surface area (Å²) in [6, 6.07) is 6.76. The van der Waals surface area contributed by atoms with Gasteiger partial charge in [0.15, 0.2) is 9.84 Å². The van der Waals surface area contributed by atoms with Crippen LogP contribution in [0.2, 0.25) is 0 Å². The third-order valence-corrected chi connectivity index (χ3v) is 5.40. The molecule has 1 aromatic heterocycles. The Morgan fingerprint density at radius 3 is 2.29 bits per heavy atom. The van der Waals surface area contributed by atoms with Crippen LogP contribution < -0.4 is 10.6 Å². The van der Waals surface area contributed by atoms with Gasteiger partial charge >= 0.3 is 0 Å². The third kappa shape index (κ3) is 4.30. The molecule has 0 saturated carbocycles. The van der Waals surface area contributed by atoms with Gasteiger partial charge in [0.25, 0.3) is 0 Å². The van der Waals surface area contributed by atoms with Crippen LogP contribution in [0.25, 0.3) is 11.1 Å². The fraction of sp³-hybridized carbons (Fsp3) is 0.412. The first-order chi connectivity index (χ1) is 11.5. The van der Waals surface area contributed by atoms with Crippen LogP contribution in [-0.4, -0.2) is 44.3 Å². The maximum atomic E-state index is 11.5. The van der Waals surface area contributed by atoms with Crippen molar-refractivity contribution in [3.05, 3.63) is 36.7 Å². The fourth-order valence-corrected chi connectivity index (χ4v) is 3.41. The molecule has 1 fully saturated rings. The van der Waals surface area contributed by atoms with Gasteiger partial charge in [0, 0.05) is 30.8 Å². The molecular weight excluding hydrogens is 324 g/mol. The van der Waals surface area contributed by atoms with Crippen molar-refractivity contribution < 1.29 is 8.42 Å². The van der Waals surface area contributed by atoms with E-state index in [1.54, 1.807) is 36.7 Å². The first kappa shape index (κ1) is 16.9. The summed E-state index contributed by atoms with van der Waals surface area (Å²) in [6.45, 7) is 3.05. The van der Waals surface area contributed by atoms with Crippen LogP contribution in [0.5, 0.6) is 0 Å². The predicted molar refractivity (Wildman–Crippen MR) is 94.7 cm³/mol. The Labute approximate surface area is 142 Å². The van der Waals surface area contributed by atoms with E-state index in [1.165, 1.54) is 19.1 Å². The van der Waals surface area contributed by atoms with Gasteiger partial charge in [-0.2, -0.15) is 0 Å². The van der Waals surface area contributed by atoms with Crippen LogP contribution in [0.3, 0.4) is 0 Å². The zero-order valence-electron chi connectivity index (χ0n) is 13.7. The number of nitrogens with zero attached hydrogens (tertiary/aromatic N) is 2.